The Labute approximate surface area is 163 Å². The molecule has 144 valence electrons. The average molecular weight is 399 g/mol. The Morgan fingerprint density at radius 1 is 1.21 bits per heavy atom. The minimum Gasteiger partial charge on any atom is -0.467 e. The fourth-order valence-corrected chi connectivity index (χ4v) is 3.91. The summed E-state index contributed by atoms with van der Waals surface area (Å²) in [7, 11) is 1.32. The number of para-hydroxylation sites is 1. The normalized spacial score (nSPS) is 12.7. The number of aromatic nitrogens is 1. The molecule has 28 heavy (non-hydrogen) atoms. The van der Waals surface area contributed by atoms with E-state index in [4.69, 9.17) is 4.74 Å². The Kier molecular flexibility index (Phi) is 5.65. The summed E-state index contributed by atoms with van der Waals surface area (Å²) >= 11 is 1.29. The Balaban J connectivity index is 2.13. The molecule has 1 amide bonds. The van der Waals surface area contributed by atoms with Crippen molar-refractivity contribution in [3.63, 3.8) is 0 Å². The third-order valence-corrected chi connectivity index (χ3v) is 5.26. The lowest BCUT2D eigenvalue weighted by atomic mass is 10.2. The van der Waals surface area contributed by atoms with E-state index in [1.54, 1.807) is 4.57 Å². The standard InChI is InChI=1S/C19H17N3O5S/c1-3-14(18(24)27-2)21-15-6-4-5-7-16(15)28-19(21)20-17(23)12-8-10-13(11-9-12)22(25)26/h4-11,14H,3H2,1-2H3. The van der Waals surface area contributed by atoms with Crippen LogP contribution in [0.25, 0.3) is 10.2 Å². The second-order valence-electron chi connectivity index (χ2n) is 5.89. The van der Waals surface area contributed by atoms with Crippen LogP contribution < -0.4 is 4.80 Å². The van der Waals surface area contributed by atoms with Crippen molar-refractivity contribution in [1.29, 1.82) is 0 Å². The fourth-order valence-electron chi connectivity index (χ4n) is 2.84. The third-order valence-electron chi connectivity index (χ3n) is 4.23. The number of hydrogen-bond donors (Lipinski definition) is 0. The summed E-state index contributed by atoms with van der Waals surface area (Å²) < 4.78 is 7.49. The molecule has 0 spiro atoms. The van der Waals surface area contributed by atoms with Crippen LogP contribution in [0.5, 0.6) is 0 Å². The molecular weight excluding hydrogens is 382 g/mol. The van der Waals surface area contributed by atoms with E-state index in [9.17, 15) is 19.7 Å². The Morgan fingerprint density at radius 3 is 2.50 bits per heavy atom. The van der Waals surface area contributed by atoms with E-state index in [0.29, 0.717) is 11.2 Å². The lowest BCUT2D eigenvalue weighted by Gasteiger charge is -2.15. The summed E-state index contributed by atoms with van der Waals surface area (Å²) in [6.07, 6.45) is 0.465. The SMILES string of the molecule is CCC(C(=O)OC)n1c(=NC(=O)c2ccc([N+](=O)[O-])cc2)sc2ccccc21. The average Bonchev–Trinajstić information content (AvgIpc) is 3.06. The smallest absolute Gasteiger partial charge is 0.328 e. The van der Waals surface area contributed by atoms with E-state index >= 15 is 0 Å². The number of carbonyl (C=O) groups is 2. The molecule has 2 aromatic carbocycles. The van der Waals surface area contributed by atoms with Gasteiger partial charge in [-0.05, 0) is 30.7 Å². The van der Waals surface area contributed by atoms with Crippen LogP contribution in [0.1, 0.15) is 29.7 Å². The van der Waals surface area contributed by atoms with Gasteiger partial charge in [0.05, 0.1) is 22.2 Å². The molecule has 1 aromatic heterocycles. The highest BCUT2D eigenvalue weighted by Crippen LogP contribution is 2.23. The van der Waals surface area contributed by atoms with Crippen LogP contribution >= 0.6 is 11.3 Å². The minimum absolute atomic E-state index is 0.106. The highest BCUT2D eigenvalue weighted by atomic mass is 32.1. The minimum atomic E-state index is -0.621. The highest BCUT2D eigenvalue weighted by Gasteiger charge is 2.23. The van der Waals surface area contributed by atoms with Crippen molar-refractivity contribution in [3.8, 4) is 0 Å². The molecule has 0 radical (unpaired) electrons. The molecule has 3 rings (SSSR count). The number of amides is 1. The van der Waals surface area contributed by atoms with E-state index in [0.717, 1.165) is 10.2 Å². The van der Waals surface area contributed by atoms with Crippen LogP contribution in [0.2, 0.25) is 0 Å². The molecule has 1 atom stereocenters. The summed E-state index contributed by atoms with van der Waals surface area (Å²) in [5.41, 5.74) is 0.894. The van der Waals surface area contributed by atoms with Gasteiger partial charge in [-0.15, -0.1) is 0 Å². The van der Waals surface area contributed by atoms with Crippen molar-refractivity contribution >= 4 is 39.1 Å². The number of nitro groups is 1. The molecule has 0 N–H and O–H groups in total. The quantitative estimate of drug-likeness (QED) is 0.371. The summed E-state index contributed by atoms with van der Waals surface area (Å²) in [6.45, 7) is 1.85. The lowest BCUT2D eigenvalue weighted by molar-refractivity contribution is -0.384. The topological polar surface area (TPSA) is 104 Å². The lowest BCUT2D eigenvalue weighted by Crippen LogP contribution is -2.28. The zero-order valence-electron chi connectivity index (χ0n) is 15.2. The Morgan fingerprint density at radius 2 is 1.89 bits per heavy atom. The molecule has 0 fully saturated rings. The van der Waals surface area contributed by atoms with Crippen LogP contribution in [-0.2, 0) is 9.53 Å². The van der Waals surface area contributed by atoms with Gasteiger partial charge in [-0.25, -0.2) is 4.79 Å². The zero-order chi connectivity index (χ0) is 20.3. The van der Waals surface area contributed by atoms with Gasteiger partial charge in [0.1, 0.15) is 6.04 Å². The number of rotatable bonds is 5. The molecule has 0 aliphatic heterocycles. The molecule has 0 aliphatic rings. The largest absolute Gasteiger partial charge is 0.467 e. The van der Waals surface area contributed by atoms with Crippen molar-refractivity contribution in [1.82, 2.24) is 4.57 Å². The fraction of sp³-hybridized carbons (Fsp3) is 0.211. The maximum Gasteiger partial charge on any atom is 0.328 e. The van der Waals surface area contributed by atoms with Crippen LogP contribution in [0.3, 0.4) is 0 Å². The van der Waals surface area contributed by atoms with Gasteiger partial charge in [0.2, 0.25) is 0 Å². The predicted octanol–water partition coefficient (Wildman–Crippen LogP) is 3.48. The van der Waals surface area contributed by atoms with E-state index < -0.39 is 22.8 Å². The van der Waals surface area contributed by atoms with Gasteiger partial charge in [-0.2, -0.15) is 4.99 Å². The molecule has 8 nitrogen and oxygen atoms in total. The van der Waals surface area contributed by atoms with Crippen molar-refractivity contribution in [2.45, 2.75) is 19.4 Å². The second kappa shape index (κ2) is 8.13. The number of methoxy groups -OCH3 is 1. The first-order chi connectivity index (χ1) is 13.5. The molecule has 0 aliphatic carbocycles. The van der Waals surface area contributed by atoms with E-state index in [-0.39, 0.29) is 11.3 Å². The number of esters is 1. The van der Waals surface area contributed by atoms with E-state index in [1.165, 1.54) is 42.7 Å². The number of nitro benzene ring substituents is 1. The van der Waals surface area contributed by atoms with Crippen LogP contribution in [0.4, 0.5) is 5.69 Å². The van der Waals surface area contributed by atoms with Crippen LogP contribution in [0.15, 0.2) is 53.5 Å². The maximum atomic E-state index is 12.6. The van der Waals surface area contributed by atoms with E-state index in [1.807, 2.05) is 31.2 Å². The van der Waals surface area contributed by atoms with Crippen molar-refractivity contribution in [2.24, 2.45) is 4.99 Å². The van der Waals surface area contributed by atoms with Gasteiger partial charge in [-0.3, -0.25) is 14.9 Å². The Bertz CT molecular complexity index is 1110. The van der Waals surface area contributed by atoms with Gasteiger partial charge >= 0.3 is 5.97 Å². The number of non-ortho nitro benzene ring substituents is 1. The zero-order valence-corrected chi connectivity index (χ0v) is 16.0. The number of benzene rings is 2. The van der Waals surface area contributed by atoms with Gasteiger partial charge in [0.15, 0.2) is 4.80 Å². The van der Waals surface area contributed by atoms with Gasteiger partial charge < -0.3 is 9.30 Å². The number of hydrogen-bond acceptors (Lipinski definition) is 6. The number of nitrogens with zero attached hydrogens (tertiary/aromatic N) is 3. The second-order valence-corrected chi connectivity index (χ2v) is 6.90. The predicted molar refractivity (Wildman–Crippen MR) is 104 cm³/mol. The molecule has 1 heterocycles. The highest BCUT2D eigenvalue weighted by molar-refractivity contribution is 7.16. The monoisotopic (exact) mass is 399 g/mol. The third kappa shape index (κ3) is 3.70. The molecular formula is C19H17N3O5S. The maximum absolute atomic E-state index is 12.6. The molecule has 0 saturated carbocycles. The number of carbonyl (C=O) groups excluding carboxylic acids is 2. The van der Waals surface area contributed by atoms with Crippen molar-refractivity contribution in [3.05, 3.63) is 69.0 Å². The first-order valence-electron chi connectivity index (χ1n) is 8.47. The van der Waals surface area contributed by atoms with Gasteiger partial charge in [0.25, 0.3) is 11.6 Å². The van der Waals surface area contributed by atoms with Crippen molar-refractivity contribution < 1.29 is 19.2 Å². The molecule has 9 heteroatoms. The Hall–Kier alpha value is -3.33. The van der Waals surface area contributed by atoms with Crippen molar-refractivity contribution in [2.75, 3.05) is 7.11 Å². The number of fused-ring (bicyclic) bond motifs is 1. The molecule has 3 aromatic rings. The van der Waals surface area contributed by atoms with Gasteiger partial charge in [-0.1, -0.05) is 30.4 Å². The van der Waals surface area contributed by atoms with Gasteiger partial charge in [0, 0.05) is 17.7 Å². The summed E-state index contributed by atoms with van der Waals surface area (Å²) in [5, 5.41) is 10.8. The molecule has 0 bridgehead atoms. The first-order valence-corrected chi connectivity index (χ1v) is 9.29. The molecule has 0 saturated heterocycles. The number of ether oxygens (including phenoxy) is 1. The summed E-state index contributed by atoms with van der Waals surface area (Å²) in [4.78, 5) is 39.7. The first kappa shape index (κ1) is 19.4. The number of thiazole rings is 1. The van der Waals surface area contributed by atoms with Crippen LogP contribution in [-0.4, -0.2) is 28.5 Å². The van der Waals surface area contributed by atoms with Crippen LogP contribution in [0, 0.1) is 10.1 Å². The van der Waals surface area contributed by atoms with E-state index in [2.05, 4.69) is 4.99 Å². The molecule has 1 unspecified atom stereocenters. The summed E-state index contributed by atoms with van der Waals surface area (Å²) in [6, 6.07) is 12.1. The summed E-state index contributed by atoms with van der Waals surface area (Å²) in [5.74, 6) is -0.967.